The molecule has 0 bridgehead atoms. The Balaban J connectivity index is 2.12. The molecule has 0 saturated carbocycles. The SMILES string of the molecule is CC1CNCCC12CCN(C)CC2C. The lowest BCUT2D eigenvalue weighted by molar-refractivity contribution is -0.0142. The zero-order valence-corrected chi connectivity index (χ0v) is 9.84. The average Bonchev–Trinajstić information content (AvgIpc) is 2.15. The van der Waals surface area contributed by atoms with Gasteiger partial charge in [-0.3, -0.25) is 0 Å². The third kappa shape index (κ3) is 1.59. The van der Waals surface area contributed by atoms with Gasteiger partial charge in [0, 0.05) is 6.54 Å². The monoisotopic (exact) mass is 196 g/mol. The Morgan fingerprint density at radius 1 is 1.21 bits per heavy atom. The smallest absolute Gasteiger partial charge is 0.000940 e. The minimum atomic E-state index is 0.651. The fourth-order valence-corrected chi connectivity index (χ4v) is 3.58. The summed E-state index contributed by atoms with van der Waals surface area (Å²) in [4.78, 5) is 2.49. The lowest BCUT2D eigenvalue weighted by atomic mass is 9.60. The van der Waals surface area contributed by atoms with Gasteiger partial charge in [-0.1, -0.05) is 13.8 Å². The van der Waals surface area contributed by atoms with E-state index in [4.69, 9.17) is 0 Å². The summed E-state index contributed by atoms with van der Waals surface area (Å²) in [5.41, 5.74) is 0.651. The number of rotatable bonds is 0. The maximum absolute atomic E-state index is 3.52. The van der Waals surface area contributed by atoms with Crippen molar-refractivity contribution in [1.29, 1.82) is 0 Å². The molecule has 0 radical (unpaired) electrons. The Morgan fingerprint density at radius 3 is 2.64 bits per heavy atom. The lowest BCUT2D eigenvalue weighted by Gasteiger charge is -2.52. The Hall–Kier alpha value is -0.0800. The molecule has 2 aliphatic heterocycles. The molecule has 0 aromatic heterocycles. The van der Waals surface area contributed by atoms with Crippen LogP contribution >= 0.6 is 0 Å². The van der Waals surface area contributed by atoms with Gasteiger partial charge in [-0.2, -0.15) is 0 Å². The van der Waals surface area contributed by atoms with Crippen molar-refractivity contribution in [2.45, 2.75) is 26.7 Å². The highest BCUT2D eigenvalue weighted by molar-refractivity contribution is 4.96. The van der Waals surface area contributed by atoms with E-state index in [1.165, 1.54) is 39.0 Å². The number of hydrogen-bond acceptors (Lipinski definition) is 2. The molecule has 3 unspecified atom stereocenters. The second-order valence-electron chi connectivity index (χ2n) is 5.50. The van der Waals surface area contributed by atoms with Gasteiger partial charge < -0.3 is 10.2 Å². The summed E-state index contributed by atoms with van der Waals surface area (Å²) in [6.45, 7) is 9.96. The molecule has 82 valence electrons. The van der Waals surface area contributed by atoms with E-state index < -0.39 is 0 Å². The highest BCUT2D eigenvalue weighted by Crippen LogP contribution is 2.46. The number of nitrogens with zero attached hydrogens (tertiary/aromatic N) is 1. The number of nitrogens with one attached hydrogen (secondary N) is 1. The molecule has 0 amide bonds. The summed E-state index contributed by atoms with van der Waals surface area (Å²) in [5, 5.41) is 3.52. The van der Waals surface area contributed by atoms with Crippen LogP contribution in [0.5, 0.6) is 0 Å². The summed E-state index contributed by atoms with van der Waals surface area (Å²) < 4.78 is 0. The van der Waals surface area contributed by atoms with Crippen LogP contribution in [0.4, 0.5) is 0 Å². The van der Waals surface area contributed by atoms with Crippen molar-refractivity contribution in [2.75, 3.05) is 33.2 Å². The second kappa shape index (κ2) is 3.82. The minimum absolute atomic E-state index is 0.651. The molecule has 2 heteroatoms. The summed E-state index contributed by atoms with van der Waals surface area (Å²) in [6.07, 6.45) is 2.80. The quantitative estimate of drug-likeness (QED) is 0.633. The van der Waals surface area contributed by atoms with Crippen molar-refractivity contribution in [2.24, 2.45) is 17.3 Å². The molecule has 0 aliphatic carbocycles. The first kappa shape index (κ1) is 10.4. The molecule has 1 spiro atoms. The van der Waals surface area contributed by atoms with Crippen molar-refractivity contribution in [3.05, 3.63) is 0 Å². The summed E-state index contributed by atoms with van der Waals surface area (Å²) in [5.74, 6) is 1.73. The van der Waals surface area contributed by atoms with Crippen LogP contribution in [0.3, 0.4) is 0 Å². The Bertz CT molecular complexity index is 204. The predicted molar refractivity (Wildman–Crippen MR) is 60.4 cm³/mol. The summed E-state index contributed by atoms with van der Waals surface area (Å²) in [7, 11) is 2.26. The van der Waals surface area contributed by atoms with E-state index in [0.29, 0.717) is 5.41 Å². The molecule has 2 nitrogen and oxygen atoms in total. The molecule has 14 heavy (non-hydrogen) atoms. The first-order valence-corrected chi connectivity index (χ1v) is 6.04. The van der Waals surface area contributed by atoms with Crippen LogP contribution in [0, 0.1) is 17.3 Å². The van der Waals surface area contributed by atoms with Gasteiger partial charge in [0.1, 0.15) is 0 Å². The van der Waals surface area contributed by atoms with Gasteiger partial charge in [0.2, 0.25) is 0 Å². The first-order valence-electron chi connectivity index (χ1n) is 6.04. The number of hydrogen-bond donors (Lipinski definition) is 1. The largest absolute Gasteiger partial charge is 0.316 e. The van der Waals surface area contributed by atoms with E-state index in [1.54, 1.807) is 0 Å². The number of likely N-dealkylation sites (tertiary alicyclic amines) is 1. The fraction of sp³-hybridized carbons (Fsp3) is 1.00. The van der Waals surface area contributed by atoms with Crippen molar-refractivity contribution in [3.63, 3.8) is 0 Å². The molecule has 2 fully saturated rings. The lowest BCUT2D eigenvalue weighted by Crippen LogP contribution is -2.54. The van der Waals surface area contributed by atoms with Gasteiger partial charge in [0.15, 0.2) is 0 Å². The van der Waals surface area contributed by atoms with Crippen molar-refractivity contribution < 1.29 is 0 Å². The maximum atomic E-state index is 3.52. The van der Waals surface area contributed by atoms with Crippen molar-refractivity contribution in [3.8, 4) is 0 Å². The van der Waals surface area contributed by atoms with Crippen molar-refractivity contribution >= 4 is 0 Å². The third-order valence-electron chi connectivity index (χ3n) is 4.73. The van der Waals surface area contributed by atoms with E-state index in [1.807, 2.05) is 0 Å². The highest BCUT2D eigenvalue weighted by Gasteiger charge is 2.44. The van der Waals surface area contributed by atoms with E-state index in [0.717, 1.165) is 11.8 Å². The van der Waals surface area contributed by atoms with Crippen LogP contribution < -0.4 is 5.32 Å². The van der Waals surface area contributed by atoms with E-state index in [-0.39, 0.29) is 0 Å². The standard InChI is InChI=1S/C12H24N2/c1-10-8-13-6-4-12(10)5-7-14(3)9-11(12)2/h10-11,13H,4-9H2,1-3H3. The molecular weight excluding hydrogens is 172 g/mol. The highest BCUT2D eigenvalue weighted by atomic mass is 15.1. The van der Waals surface area contributed by atoms with Gasteiger partial charge >= 0.3 is 0 Å². The van der Waals surface area contributed by atoms with Crippen LogP contribution in [0.2, 0.25) is 0 Å². The molecule has 3 atom stereocenters. The van der Waals surface area contributed by atoms with Crippen LogP contribution in [0.1, 0.15) is 26.7 Å². The van der Waals surface area contributed by atoms with Crippen LogP contribution in [0.15, 0.2) is 0 Å². The van der Waals surface area contributed by atoms with Crippen LogP contribution in [-0.2, 0) is 0 Å². The van der Waals surface area contributed by atoms with Gasteiger partial charge in [-0.15, -0.1) is 0 Å². The van der Waals surface area contributed by atoms with Gasteiger partial charge in [0.25, 0.3) is 0 Å². The minimum Gasteiger partial charge on any atom is -0.316 e. The van der Waals surface area contributed by atoms with Crippen molar-refractivity contribution in [1.82, 2.24) is 10.2 Å². The van der Waals surface area contributed by atoms with Gasteiger partial charge in [0.05, 0.1) is 0 Å². The summed E-state index contributed by atoms with van der Waals surface area (Å²) >= 11 is 0. The van der Waals surface area contributed by atoms with E-state index in [2.05, 4.69) is 31.1 Å². The molecule has 1 N–H and O–H groups in total. The molecule has 2 aliphatic rings. The van der Waals surface area contributed by atoms with Crippen LogP contribution in [-0.4, -0.2) is 38.1 Å². The normalized spacial score (nSPS) is 45.6. The van der Waals surface area contributed by atoms with Gasteiger partial charge in [-0.25, -0.2) is 0 Å². The Labute approximate surface area is 88.1 Å². The Morgan fingerprint density at radius 2 is 2.00 bits per heavy atom. The van der Waals surface area contributed by atoms with E-state index >= 15 is 0 Å². The topological polar surface area (TPSA) is 15.3 Å². The summed E-state index contributed by atoms with van der Waals surface area (Å²) in [6, 6.07) is 0. The molecule has 2 saturated heterocycles. The first-order chi connectivity index (χ1) is 6.65. The molecular formula is C12H24N2. The second-order valence-corrected chi connectivity index (χ2v) is 5.50. The Kier molecular flexibility index (Phi) is 2.85. The molecule has 2 heterocycles. The average molecular weight is 196 g/mol. The predicted octanol–water partition coefficient (Wildman–Crippen LogP) is 1.57. The molecule has 2 rings (SSSR count). The molecule has 0 aromatic carbocycles. The zero-order chi connectivity index (χ0) is 10.2. The fourth-order valence-electron chi connectivity index (χ4n) is 3.58. The zero-order valence-electron chi connectivity index (χ0n) is 9.84. The molecule has 0 aromatic rings. The maximum Gasteiger partial charge on any atom is 0.000940 e. The third-order valence-corrected chi connectivity index (χ3v) is 4.73. The van der Waals surface area contributed by atoms with Crippen LogP contribution in [0.25, 0.3) is 0 Å². The van der Waals surface area contributed by atoms with E-state index in [9.17, 15) is 0 Å². The number of piperidine rings is 2. The van der Waals surface area contributed by atoms with Gasteiger partial charge in [-0.05, 0) is 56.8 Å².